The molecule has 0 spiro atoms. The fraction of sp³-hybridized carbons (Fsp3) is 0.579. The van der Waals surface area contributed by atoms with Crippen LogP contribution in [0.2, 0.25) is 0 Å². The second-order valence-electron chi connectivity index (χ2n) is 7.37. The molecule has 0 radical (unpaired) electrons. The number of carboxylic acids is 1. The Bertz CT molecular complexity index is 679. The molecular formula is C19H27NO6. The van der Waals surface area contributed by atoms with Crippen LogP contribution < -0.4 is 14.8 Å². The number of hydrogen-bond donors (Lipinski definition) is 2. The topological polar surface area (TPSA) is 94.1 Å². The van der Waals surface area contributed by atoms with E-state index in [0.717, 1.165) is 17.7 Å². The van der Waals surface area contributed by atoms with Crippen LogP contribution in [0.15, 0.2) is 12.1 Å². The van der Waals surface area contributed by atoms with Crippen LogP contribution >= 0.6 is 0 Å². The summed E-state index contributed by atoms with van der Waals surface area (Å²) in [6.45, 7) is 9.45. The molecule has 1 aliphatic rings. The number of carbonyl (C=O) groups excluding carboxylic acids is 1. The van der Waals surface area contributed by atoms with Gasteiger partial charge in [0.05, 0.1) is 6.61 Å². The second kappa shape index (κ2) is 7.85. The lowest BCUT2D eigenvalue weighted by atomic mass is 10.0. The standard InChI is InChI=1S/C19H27NO6/c1-6-24-15-9-12-7-11(2)25-16(12)10-13(15)8-14(17(21)22)20-18(23)26-19(3,4)5/h9-11,14H,6-8H2,1-5H3,(H,20,23)(H,21,22). The molecule has 2 rings (SSSR count). The van der Waals surface area contributed by atoms with Gasteiger partial charge in [0.15, 0.2) is 0 Å². The smallest absolute Gasteiger partial charge is 0.408 e. The number of rotatable bonds is 6. The molecule has 7 heteroatoms. The van der Waals surface area contributed by atoms with E-state index in [-0.39, 0.29) is 12.5 Å². The van der Waals surface area contributed by atoms with Crippen molar-refractivity contribution >= 4 is 12.1 Å². The van der Waals surface area contributed by atoms with Gasteiger partial charge in [0.25, 0.3) is 0 Å². The number of alkyl carbamates (subject to hydrolysis) is 1. The zero-order valence-electron chi connectivity index (χ0n) is 15.9. The molecule has 0 saturated carbocycles. The molecule has 1 heterocycles. The maximum absolute atomic E-state index is 12.0. The molecule has 144 valence electrons. The number of carbonyl (C=O) groups is 2. The van der Waals surface area contributed by atoms with E-state index < -0.39 is 23.7 Å². The Kier molecular flexibility index (Phi) is 6.00. The van der Waals surface area contributed by atoms with Crippen LogP contribution in [-0.2, 0) is 22.4 Å². The average molecular weight is 365 g/mol. The van der Waals surface area contributed by atoms with Crippen LogP contribution in [-0.4, -0.2) is 41.5 Å². The van der Waals surface area contributed by atoms with Gasteiger partial charge < -0.3 is 24.6 Å². The van der Waals surface area contributed by atoms with Gasteiger partial charge in [-0.2, -0.15) is 0 Å². The number of benzene rings is 1. The lowest BCUT2D eigenvalue weighted by molar-refractivity contribution is -0.139. The van der Waals surface area contributed by atoms with Gasteiger partial charge >= 0.3 is 12.1 Å². The highest BCUT2D eigenvalue weighted by Gasteiger charge is 2.27. The Balaban J connectivity index is 2.21. The molecule has 0 bridgehead atoms. The van der Waals surface area contributed by atoms with Crippen molar-refractivity contribution in [3.8, 4) is 11.5 Å². The summed E-state index contributed by atoms with van der Waals surface area (Å²) >= 11 is 0. The lowest BCUT2D eigenvalue weighted by Crippen LogP contribution is -2.44. The van der Waals surface area contributed by atoms with E-state index in [9.17, 15) is 14.7 Å². The molecule has 0 fully saturated rings. The summed E-state index contributed by atoms with van der Waals surface area (Å²) in [5.41, 5.74) is 1.00. The van der Waals surface area contributed by atoms with Crippen LogP contribution in [0.5, 0.6) is 11.5 Å². The summed E-state index contributed by atoms with van der Waals surface area (Å²) in [4.78, 5) is 23.6. The Morgan fingerprint density at radius 3 is 2.65 bits per heavy atom. The normalized spacial score (nSPS) is 17.0. The first kappa shape index (κ1) is 19.9. The molecule has 1 aromatic rings. The zero-order chi connectivity index (χ0) is 19.5. The van der Waals surface area contributed by atoms with E-state index in [1.54, 1.807) is 26.8 Å². The van der Waals surface area contributed by atoms with Crippen molar-refractivity contribution in [1.82, 2.24) is 5.32 Å². The Morgan fingerprint density at radius 2 is 2.08 bits per heavy atom. The highest BCUT2D eigenvalue weighted by Crippen LogP contribution is 2.35. The molecule has 7 nitrogen and oxygen atoms in total. The minimum atomic E-state index is -1.15. The van der Waals surface area contributed by atoms with Crippen molar-refractivity contribution < 1.29 is 28.9 Å². The molecule has 2 atom stereocenters. The van der Waals surface area contributed by atoms with Crippen LogP contribution in [0, 0.1) is 0 Å². The largest absolute Gasteiger partial charge is 0.494 e. The maximum Gasteiger partial charge on any atom is 0.408 e. The molecule has 1 amide bonds. The van der Waals surface area contributed by atoms with Gasteiger partial charge in [-0.25, -0.2) is 9.59 Å². The third-order valence-electron chi connectivity index (χ3n) is 3.79. The first-order valence-corrected chi connectivity index (χ1v) is 8.76. The van der Waals surface area contributed by atoms with Crippen molar-refractivity contribution in [1.29, 1.82) is 0 Å². The minimum absolute atomic E-state index is 0.0644. The average Bonchev–Trinajstić information content (AvgIpc) is 2.84. The molecule has 26 heavy (non-hydrogen) atoms. The fourth-order valence-corrected chi connectivity index (χ4v) is 2.80. The first-order chi connectivity index (χ1) is 12.1. The summed E-state index contributed by atoms with van der Waals surface area (Å²) < 4.78 is 16.6. The SMILES string of the molecule is CCOc1cc2c(cc1CC(NC(=O)OC(C)(C)C)C(=O)O)OC(C)C2. The van der Waals surface area contributed by atoms with E-state index >= 15 is 0 Å². The monoisotopic (exact) mass is 365 g/mol. The second-order valence-corrected chi connectivity index (χ2v) is 7.37. The first-order valence-electron chi connectivity index (χ1n) is 8.76. The number of carboxylic acid groups (broad SMARTS) is 1. The Morgan fingerprint density at radius 1 is 1.38 bits per heavy atom. The van der Waals surface area contributed by atoms with Crippen LogP contribution in [0.3, 0.4) is 0 Å². The molecule has 0 aliphatic carbocycles. The summed E-state index contributed by atoms with van der Waals surface area (Å²) in [6.07, 6.45) is 0.155. The number of fused-ring (bicyclic) bond motifs is 1. The quantitative estimate of drug-likeness (QED) is 0.805. The highest BCUT2D eigenvalue weighted by atomic mass is 16.6. The molecule has 1 aromatic carbocycles. The number of amides is 1. The van der Waals surface area contributed by atoms with Gasteiger partial charge in [0, 0.05) is 24.0 Å². The van der Waals surface area contributed by atoms with E-state index in [4.69, 9.17) is 14.2 Å². The van der Waals surface area contributed by atoms with E-state index in [2.05, 4.69) is 5.32 Å². The number of aliphatic carboxylic acids is 1. The summed E-state index contributed by atoms with van der Waals surface area (Å²) in [5, 5.41) is 11.9. The van der Waals surface area contributed by atoms with Crippen LogP contribution in [0.25, 0.3) is 0 Å². The van der Waals surface area contributed by atoms with Gasteiger partial charge in [-0.3, -0.25) is 0 Å². The van der Waals surface area contributed by atoms with E-state index in [1.807, 2.05) is 19.9 Å². The molecule has 0 aromatic heterocycles. The van der Waals surface area contributed by atoms with Gasteiger partial charge in [0.1, 0.15) is 29.2 Å². The van der Waals surface area contributed by atoms with E-state index in [0.29, 0.717) is 17.9 Å². The molecule has 1 aliphatic heterocycles. The summed E-state index contributed by atoms with van der Waals surface area (Å²) in [6, 6.07) is 2.56. The Labute approximate surface area is 153 Å². The van der Waals surface area contributed by atoms with Crippen molar-refractivity contribution in [2.75, 3.05) is 6.61 Å². The van der Waals surface area contributed by atoms with Gasteiger partial charge in [-0.1, -0.05) is 0 Å². The predicted molar refractivity (Wildman–Crippen MR) is 95.9 cm³/mol. The Hall–Kier alpha value is -2.44. The fourth-order valence-electron chi connectivity index (χ4n) is 2.80. The van der Waals surface area contributed by atoms with Gasteiger partial charge in [-0.15, -0.1) is 0 Å². The zero-order valence-corrected chi connectivity index (χ0v) is 15.9. The lowest BCUT2D eigenvalue weighted by Gasteiger charge is -2.22. The van der Waals surface area contributed by atoms with Crippen molar-refractivity contribution in [3.05, 3.63) is 23.3 Å². The number of ether oxygens (including phenoxy) is 3. The predicted octanol–water partition coefficient (Wildman–Crippen LogP) is 2.93. The van der Waals surface area contributed by atoms with Crippen molar-refractivity contribution in [3.63, 3.8) is 0 Å². The third kappa shape index (κ3) is 5.28. The van der Waals surface area contributed by atoms with Crippen molar-refractivity contribution in [2.24, 2.45) is 0 Å². The highest BCUT2D eigenvalue weighted by molar-refractivity contribution is 5.80. The summed E-state index contributed by atoms with van der Waals surface area (Å²) in [5.74, 6) is 0.201. The van der Waals surface area contributed by atoms with Gasteiger partial charge in [-0.05, 0) is 46.8 Å². The molecule has 2 N–H and O–H groups in total. The molecule has 0 saturated heterocycles. The van der Waals surface area contributed by atoms with Gasteiger partial charge in [0.2, 0.25) is 0 Å². The molecular weight excluding hydrogens is 338 g/mol. The van der Waals surface area contributed by atoms with Crippen LogP contribution in [0.4, 0.5) is 4.79 Å². The van der Waals surface area contributed by atoms with E-state index in [1.165, 1.54) is 0 Å². The molecule has 2 unspecified atom stereocenters. The third-order valence-corrected chi connectivity index (χ3v) is 3.79. The summed E-state index contributed by atoms with van der Waals surface area (Å²) in [7, 11) is 0. The number of nitrogens with one attached hydrogen (secondary N) is 1. The van der Waals surface area contributed by atoms with Crippen molar-refractivity contribution in [2.45, 2.75) is 65.2 Å². The maximum atomic E-state index is 12.0. The minimum Gasteiger partial charge on any atom is -0.494 e. The van der Waals surface area contributed by atoms with Crippen LogP contribution in [0.1, 0.15) is 45.7 Å². The number of hydrogen-bond acceptors (Lipinski definition) is 5.